The number of carboxylic acids is 1. The van der Waals surface area contributed by atoms with Gasteiger partial charge in [0.05, 0.1) is 0 Å². The molecule has 3 N–H and O–H groups in total. The fourth-order valence-corrected chi connectivity index (χ4v) is 2.25. The molecule has 0 saturated carbocycles. The first-order chi connectivity index (χ1) is 8.56. The van der Waals surface area contributed by atoms with Crippen LogP contribution in [0.15, 0.2) is 30.3 Å². The molecule has 1 rings (SSSR count). The van der Waals surface area contributed by atoms with Gasteiger partial charge >= 0.3 is 5.97 Å². The largest absolute Gasteiger partial charge is 0.481 e. The van der Waals surface area contributed by atoms with Crippen LogP contribution < -0.4 is 5.73 Å². The molecule has 1 unspecified atom stereocenters. The minimum atomic E-state index is -0.758. The molecule has 1 radical (unpaired) electrons. The van der Waals surface area contributed by atoms with Gasteiger partial charge in [0.2, 0.25) is 0 Å². The van der Waals surface area contributed by atoms with Crippen LogP contribution in [0.1, 0.15) is 37.7 Å². The van der Waals surface area contributed by atoms with Gasteiger partial charge in [0, 0.05) is 12.0 Å². The Hall–Kier alpha value is -1.35. The Morgan fingerprint density at radius 2 is 1.94 bits per heavy atom. The summed E-state index contributed by atoms with van der Waals surface area (Å²) in [6.45, 7) is 3.86. The van der Waals surface area contributed by atoms with Crippen molar-refractivity contribution in [3.63, 3.8) is 0 Å². The van der Waals surface area contributed by atoms with Crippen molar-refractivity contribution in [2.45, 2.75) is 44.1 Å². The summed E-state index contributed by atoms with van der Waals surface area (Å²) in [6.07, 6.45) is 3.91. The molecule has 3 nitrogen and oxygen atoms in total. The monoisotopic (exact) mass is 248 g/mol. The Morgan fingerprint density at radius 1 is 1.28 bits per heavy atom. The van der Waals surface area contributed by atoms with Crippen LogP contribution in [0.5, 0.6) is 0 Å². The minimum Gasteiger partial charge on any atom is -0.481 e. The normalized spacial score (nSPS) is 14.1. The number of carboxylic acid groups (broad SMARTS) is 1. The van der Waals surface area contributed by atoms with E-state index < -0.39 is 5.97 Å². The molecule has 0 bridgehead atoms. The van der Waals surface area contributed by atoms with Crippen molar-refractivity contribution >= 4 is 5.97 Å². The topological polar surface area (TPSA) is 63.3 Å². The molecule has 0 heterocycles. The number of carbonyl (C=O) groups is 1. The Balaban J connectivity index is 2.59. The third kappa shape index (κ3) is 5.32. The zero-order chi connectivity index (χ0) is 13.4. The van der Waals surface area contributed by atoms with Gasteiger partial charge in [-0.3, -0.25) is 4.79 Å². The lowest BCUT2D eigenvalue weighted by molar-refractivity contribution is -0.137. The molecule has 0 aromatic heterocycles. The molecule has 1 aromatic rings. The third-order valence-electron chi connectivity index (χ3n) is 3.14. The molecule has 0 saturated heterocycles. The fourth-order valence-electron chi connectivity index (χ4n) is 2.25. The average Bonchev–Trinajstić information content (AvgIpc) is 2.29. The van der Waals surface area contributed by atoms with Crippen LogP contribution in [0, 0.1) is 6.92 Å². The molecule has 1 aromatic carbocycles. The molecule has 3 heteroatoms. The summed E-state index contributed by atoms with van der Waals surface area (Å²) < 4.78 is 0. The van der Waals surface area contributed by atoms with E-state index in [1.165, 1.54) is 5.56 Å². The number of nitrogens with two attached hydrogens (primary N) is 1. The van der Waals surface area contributed by atoms with E-state index >= 15 is 0 Å². The second-order valence-corrected chi connectivity index (χ2v) is 4.88. The summed E-state index contributed by atoms with van der Waals surface area (Å²) in [5.41, 5.74) is 7.26. The van der Waals surface area contributed by atoms with Crippen molar-refractivity contribution in [2.75, 3.05) is 0 Å². The summed E-state index contributed by atoms with van der Waals surface area (Å²) in [5, 5.41) is 8.68. The van der Waals surface area contributed by atoms with Crippen LogP contribution in [0.25, 0.3) is 0 Å². The van der Waals surface area contributed by atoms with E-state index in [9.17, 15) is 4.79 Å². The molecule has 18 heavy (non-hydrogen) atoms. The third-order valence-corrected chi connectivity index (χ3v) is 3.14. The highest BCUT2D eigenvalue weighted by atomic mass is 16.4. The van der Waals surface area contributed by atoms with E-state index in [0.29, 0.717) is 6.42 Å². The Bertz CT molecular complexity index is 364. The maximum absolute atomic E-state index is 10.5. The molecule has 0 amide bonds. The summed E-state index contributed by atoms with van der Waals surface area (Å²) in [6, 6.07) is 10.1. The van der Waals surface area contributed by atoms with Crippen LogP contribution in [0.2, 0.25) is 0 Å². The predicted molar refractivity (Wildman–Crippen MR) is 73.1 cm³/mol. The van der Waals surface area contributed by atoms with Gasteiger partial charge in [0.25, 0.3) is 0 Å². The maximum Gasteiger partial charge on any atom is 0.303 e. The Labute approximate surface area is 109 Å². The van der Waals surface area contributed by atoms with Crippen LogP contribution in [0.4, 0.5) is 0 Å². The molecule has 0 spiro atoms. The first kappa shape index (κ1) is 14.7. The van der Waals surface area contributed by atoms with Crippen molar-refractivity contribution in [3.8, 4) is 0 Å². The van der Waals surface area contributed by atoms with E-state index in [2.05, 4.69) is 19.1 Å². The van der Waals surface area contributed by atoms with E-state index in [4.69, 9.17) is 10.8 Å². The van der Waals surface area contributed by atoms with Crippen molar-refractivity contribution < 1.29 is 9.90 Å². The van der Waals surface area contributed by atoms with Crippen LogP contribution in [0.3, 0.4) is 0 Å². The number of rotatable bonds is 8. The van der Waals surface area contributed by atoms with Crippen molar-refractivity contribution in [3.05, 3.63) is 42.8 Å². The van der Waals surface area contributed by atoms with Crippen LogP contribution in [-0.4, -0.2) is 16.6 Å². The Kier molecular flexibility index (Phi) is 5.86. The van der Waals surface area contributed by atoms with Crippen LogP contribution >= 0.6 is 0 Å². The molecule has 0 aliphatic carbocycles. The summed E-state index contributed by atoms with van der Waals surface area (Å²) >= 11 is 0. The van der Waals surface area contributed by atoms with Gasteiger partial charge in [-0.25, -0.2) is 0 Å². The lowest BCUT2D eigenvalue weighted by atomic mass is 9.83. The highest BCUT2D eigenvalue weighted by Crippen LogP contribution is 2.22. The quantitative estimate of drug-likeness (QED) is 0.743. The zero-order valence-corrected chi connectivity index (χ0v) is 10.8. The summed E-state index contributed by atoms with van der Waals surface area (Å²) in [4.78, 5) is 10.5. The number of hydrogen-bond acceptors (Lipinski definition) is 2. The molecular weight excluding hydrogens is 226 g/mol. The second kappa shape index (κ2) is 7.17. The average molecular weight is 248 g/mol. The molecule has 0 aliphatic rings. The standard InChI is InChI=1S/C15H22NO2/c1-2-10-15(16,11-6-9-14(17)18)12-13-7-4-3-5-8-13/h3-5,7-8H,1-2,6,9-12,16H2,(H,17,18). The molecule has 0 aliphatic heterocycles. The zero-order valence-electron chi connectivity index (χ0n) is 10.8. The van der Waals surface area contributed by atoms with Gasteiger partial charge in [-0.1, -0.05) is 43.7 Å². The SMILES string of the molecule is [CH2]CCC(N)(CCCC(=O)O)Cc1ccccc1. The van der Waals surface area contributed by atoms with E-state index in [1.807, 2.05) is 18.2 Å². The summed E-state index contributed by atoms with van der Waals surface area (Å²) in [5.74, 6) is -0.758. The minimum absolute atomic E-state index is 0.185. The molecular formula is C15H22NO2. The van der Waals surface area contributed by atoms with Gasteiger partial charge in [-0.15, -0.1) is 0 Å². The first-order valence-corrected chi connectivity index (χ1v) is 6.39. The van der Waals surface area contributed by atoms with E-state index in [1.54, 1.807) is 0 Å². The van der Waals surface area contributed by atoms with E-state index in [-0.39, 0.29) is 12.0 Å². The highest BCUT2D eigenvalue weighted by Gasteiger charge is 2.24. The maximum atomic E-state index is 10.5. The van der Waals surface area contributed by atoms with Crippen molar-refractivity contribution in [1.82, 2.24) is 0 Å². The first-order valence-electron chi connectivity index (χ1n) is 6.39. The predicted octanol–water partition coefficient (Wildman–Crippen LogP) is 2.80. The fraction of sp³-hybridized carbons (Fsp3) is 0.467. The Morgan fingerprint density at radius 3 is 2.50 bits per heavy atom. The van der Waals surface area contributed by atoms with Gasteiger partial charge in [0.15, 0.2) is 0 Å². The van der Waals surface area contributed by atoms with Gasteiger partial charge in [0.1, 0.15) is 0 Å². The number of aliphatic carboxylic acids is 1. The second-order valence-electron chi connectivity index (χ2n) is 4.88. The smallest absolute Gasteiger partial charge is 0.303 e. The van der Waals surface area contributed by atoms with Gasteiger partial charge in [-0.05, 0) is 31.2 Å². The summed E-state index contributed by atoms with van der Waals surface area (Å²) in [7, 11) is 0. The number of benzene rings is 1. The van der Waals surface area contributed by atoms with Crippen molar-refractivity contribution in [2.24, 2.45) is 5.73 Å². The molecule has 99 valence electrons. The lowest BCUT2D eigenvalue weighted by Gasteiger charge is -2.29. The molecule has 1 atom stereocenters. The van der Waals surface area contributed by atoms with Gasteiger partial charge < -0.3 is 10.8 Å². The highest BCUT2D eigenvalue weighted by molar-refractivity contribution is 5.66. The van der Waals surface area contributed by atoms with E-state index in [0.717, 1.165) is 25.7 Å². The van der Waals surface area contributed by atoms with Crippen LogP contribution in [-0.2, 0) is 11.2 Å². The lowest BCUT2D eigenvalue weighted by Crippen LogP contribution is -2.42. The van der Waals surface area contributed by atoms with Crippen molar-refractivity contribution in [1.29, 1.82) is 0 Å². The molecule has 0 fully saturated rings. The number of hydrogen-bond donors (Lipinski definition) is 2. The van der Waals surface area contributed by atoms with Gasteiger partial charge in [-0.2, -0.15) is 0 Å².